The standard InChI is InChI=1S/C28H34BrN5O5/c1-3-14-33-18-34(20-9-5-4-6-10-20)28(26(33)38)12-15-32(16-13-28)27(39)30-17-22(25(36)37)31-24(35)23-19(2)8-7-11-21(23)29/h4-11,22H,3,12-18H2,1-2H3,(H,30,39)(H,31,35)(H,36,37). The van der Waals surface area contributed by atoms with Crippen molar-refractivity contribution in [3.8, 4) is 0 Å². The highest BCUT2D eigenvalue weighted by Gasteiger charge is 2.53. The normalized spacial score (nSPS) is 17.3. The molecular weight excluding hydrogens is 566 g/mol. The molecule has 2 saturated heterocycles. The molecule has 3 N–H and O–H groups in total. The topological polar surface area (TPSA) is 122 Å². The number of carboxylic acid groups (broad SMARTS) is 1. The molecule has 0 bridgehead atoms. The van der Waals surface area contributed by atoms with Crippen LogP contribution in [0.5, 0.6) is 0 Å². The van der Waals surface area contributed by atoms with Gasteiger partial charge >= 0.3 is 12.0 Å². The van der Waals surface area contributed by atoms with E-state index in [1.54, 1.807) is 30.0 Å². The van der Waals surface area contributed by atoms with Crippen molar-refractivity contribution in [1.29, 1.82) is 0 Å². The number of carboxylic acids is 1. The molecule has 2 fully saturated rings. The van der Waals surface area contributed by atoms with Gasteiger partial charge in [-0.25, -0.2) is 9.59 Å². The van der Waals surface area contributed by atoms with E-state index in [1.165, 1.54) is 0 Å². The van der Waals surface area contributed by atoms with E-state index in [4.69, 9.17) is 0 Å². The molecule has 39 heavy (non-hydrogen) atoms. The second-order valence-corrected chi connectivity index (χ2v) is 10.8. The van der Waals surface area contributed by atoms with E-state index in [0.29, 0.717) is 54.7 Å². The SMILES string of the molecule is CCCN1CN(c2ccccc2)C2(CCN(C(=O)NCC(NC(=O)c3c(C)cccc3Br)C(=O)O)CC2)C1=O. The smallest absolute Gasteiger partial charge is 0.328 e. The Kier molecular flexibility index (Phi) is 8.79. The Morgan fingerprint density at radius 3 is 2.38 bits per heavy atom. The minimum Gasteiger partial charge on any atom is -0.480 e. The summed E-state index contributed by atoms with van der Waals surface area (Å²) in [6, 6.07) is 13.4. The van der Waals surface area contributed by atoms with Gasteiger partial charge in [0.05, 0.1) is 18.8 Å². The molecule has 0 saturated carbocycles. The number of carbonyl (C=O) groups is 4. The zero-order valence-corrected chi connectivity index (χ0v) is 23.7. The first kappa shape index (κ1) is 28.4. The largest absolute Gasteiger partial charge is 0.480 e. The molecule has 2 heterocycles. The lowest BCUT2D eigenvalue weighted by Gasteiger charge is -2.43. The van der Waals surface area contributed by atoms with Gasteiger partial charge in [0.1, 0.15) is 11.6 Å². The number of amides is 4. The Bertz CT molecular complexity index is 1210. The third kappa shape index (κ3) is 5.88. The molecule has 10 nitrogen and oxygen atoms in total. The number of carbonyl (C=O) groups excluding carboxylic acids is 3. The second kappa shape index (κ2) is 12.1. The van der Waals surface area contributed by atoms with E-state index >= 15 is 0 Å². The summed E-state index contributed by atoms with van der Waals surface area (Å²) in [4.78, 5) is 56.8. The Hall–Kier alpha value is -3.60. The number of aliphatic carboxylic acids is 1. The van der Waals surface area contributed by atoms with E-state index < -0.39 is 29.5 Å². The van der Waals surface area contributed by atoms with Gasteiger partial charge in [0.15, 0.2) is 0 Å². The third-order valence-corrected chi connectivity index (χ3v) is 8.12. The predicted molar refractivity (Wildman–Crippen MR) is 150 cm³/mol. The average molecular weight is 601 g/mol. The molecule has 2 aliphatic rings. The maximum absolute atomic E-state index is 13.5. The summed E-state index contributed by atoms with van der Waals surface area (Å²) < 4.78 is 0.555. The van der Waals surface area contributed by atoms with E-state index in [-0.39, 0.29) is 12.5 Å². The Balaban J connectivity index is 1.39. The molecule has 2 aliphatic heterocycles. The van der Waals surface area contributed by atoms with Crippen molar-refractivity contribution in [2.45, 2.75) is 44.7 Å². The fraction of sp³-hybridized carbons (Fsp3) is 0.429. The van der Waals surface area contributed by atoms with Gasteiger partial charge in [-0.05, 0) is 65.9 Å². The van der Waals surface area contributed by atoms with Crippen LogP contribution in [0.2, 0.25) is 0 Å². The first-order chi connectivity index (χ1) is 18.7. The highest BCUT2D eigenvalue weighted by molar-refractivity contribution is 9.10. The number of halogens is 1. The number of benzene rings is 2. The molecule has 4 amide bonds. The predicted octanol–water partition coefficient (Wildman–Crippen LogP) is 3.20. The zero-order valence-electron chi connectivity index (χ0n) is 22.2. The first-order valence-corrected chi connectivity index (χ1v) is 13.9. The summed E-state index contributed by atoms with van der Waals surface area (Å²) in [6.45, 7) is 5.42. The number of hydrogen-bond donors (Lipinski definition) is 3. The molecule has 1 spiro atoms. The average Bonchev–Trinajstić information content (AvgIpc) is 3.18. The number of aryl methyl sites for hydroxylation is 1. The van der Waals surface area contributed by atoms with Crippen LogP contribution in [0, 0.1) is 6.92 Å². The van der Waals surface area contributed by atoms with Crippen molar-refractivity contribution < 1.29 is 24.3 Å². The van der Waals surface area contributed by atoms with Crippen molar-refractivity contribution >= 4 is 45.4 Å². The van der Waals surface area contributed by atoms with Gasteiger partial charge in [0, 0.05) is 29.8 Å². The van der Waals surface area contributed by atoms with Crippen LogP contribution in [0.25, 0.3) is 0 Å². The first-order valence-electron chi connectivity index (χ1n) is 13.1. The number of nitrogens with zero attached hydrogens (tertiary/aromatic N) is 3. The van der Waals surface area contributed by atoms with Crippen LogP contribution in [0.4, 0.5) is 10.5 Å². The fourth-order valence-electron chi connectivity index (χ4n) is 5.37. The highest BCUT2D eigenvalue weighted by atomic mass is 79.9. The van der Waals surface area contributed by atoms with Crippen LogP contribution in [0.1, 0.15) is 42.1 Å². The summed E-state index contributed by atoms with van der Waals surface area (Å²) in [5, 5.41) is 14.8. The number of anilines is 1. The minimum atomic E-state index is -1.31. The number of likely N-dealkylation sites (tertiary alicyclic amines) is 1. The molecule has 2 aromatic carbocycles. The summed E-state index contributed by atoms with van der Waals surface area (Å²) in [7, 11) is 0. The van der Waals surface area contributed by atoms with Gasteiger partial charge in [-0.3, -0.25) is 9.59 Å². The molecule has 1 atom stereocenters. The van der Waals surface area contributed by atoms with Gasteiger partial charge in [0.2, 0.25) is 5.91 Å². The van der Waals surface area contributed by atoms with Crippen molar-refractivity contribution in [1.82, 2.24) is 20.4 Å². The number of nitrogens with one attached hydrogen (secondary N) is 2. The summed E-state index contributed by atoms with van der Waals surface area (Å²) in [5.74, 6) is -1.71. The van der Waals surface area contributed by atoms with Crippen LogP contribution >= 0.6 is 15.9 Å². The highest BCUT2D eigenvalue weighted by Crippen LogP contribution is 2.39. The van der Waals surface area contributed by atoms with Gasteiger partial charge < -0.3 is 30.4 Å². The molecule has 0 aliphatic carbocycles. The summed E-state index contributed by atoms with van der Waals surface area (Å²) in [5.41, 5.74) is 1.30. The maximum atomic E-state index is 13.5. The Morgan fingerprint density at radius 1 is 1.08 bits per heavy atom. The van der Waals surface area contributed by atoms with Crippen LogP contribution in [0.15, 0.2) is 53.0 Å². The molecule has 0 aromatic heterocycles. The van der Waals surface area contributed by atoms with Crippen LogP contribution in [-0.2, 0) is 9.59 Å². The Morgan fingerprint density at radius 2 is 1.77 bits per heavy atom. The lowest BCUT2D eigenvalue weighted by molar-refractivity contribution is -0.139. The van der Waals surface area contributed by atoms with E-state index in [0.717, 1.165) is 12.1 Å². The van der Waals surface area contributed by atoms with Crippen LogP contribution in [0.3, 0.4) is 0 Å². The van der Waals surface area contributed by atoms with Gasteiger partial charge in [-0.1, -0.05) is 37.3 Å². The number of hydrogen-bond acceptors (Lipinski definition) is 5. The number of urea groups is 1. The van der Waals surface area contributed by atoms with Crippen LogP contribution < -0.4 is 15.5 Å². The monoisotopic (exact) mass is 599 g/mol. The zero-order chi connectivity index (χ0) is 28.2. The van der Waals surface area contributed by atoms with Crippen molar-refractivity contribution in [2.24, 2.45) is 0 Å². The molecule has 2 aromatic rings. The Labute approximate surface area is 236 Å². The second-order valence-electron chi connectivity index (χ2n) is 9.97. The maximum Gasteiger partial charge on any atom is 0.328 e. The van der Waals surface area contributed by atoms with Gasteiger partial charge in [0.25, 0.3) is 5.91 Å². The number of rotatable bonds is 8. The fourth-order valence-corrected chi connectivity index (χ4v) is 6.02. The molecule has 4 rings (SSSR count). The minimum absolute atomic E-state index is 0.0873. The lowest BCUT2D eigenvalue weighted by atomic mass is 9.85. The lowest BCUT2D eigenvalue weighted by Crippen LogP contribution is -2.59. The number of piperidine rings is 1. The third-order valence-electron chi connectivity index (χ3n) is 7.46. The molecule has 0 radical (unpaired) electrons. The molecule has 11 heteroatoms. The number of para-hydroxylation sites is 1. The molecule has 1 unspecified atom stereocenters. The summed E-state index contributed by atoms with van der Waals surface area (Å²) in [6.07, 6.45) is 1.80. The van der Waals surface area contributed by atoms with Gasteiger partial charge in [-0.2, -0.15) is 0 Å². The quantitative estimate of drug-likeness (QED) is 0.428. The summed E-state index contributed by atoms with van der Waals surface area (Å²) >= 11 is 3.33. The van der Waals surface area contributed by atoms with E-state index in [2.05, 4.69) is 31.5 Å². The van der Waals surface area contributed by atoms with Gasteiger partial charge in [-0.15, -0.1) is 0 Å². The van der Waals surface area contributed by atoms with Crippen LogP contribution in [-0.4, -0.2) is 83.1 Å². The van der Waals surface area contributed by atoms with E-state index in [9.17, 15) is 24.3 Å². The molecule has 208 valence electrons. The van der Waals surface area contributed by atoms with Crippen molar-refractivity contribution in [3.05, 3.63) is 64.1 Å². The van der Waals surface area contributed by atoms with Crippen molar-refractivity contribution in [2.75, 3.05) is 37.7 Å². The van der Waals surface area contributed by atoms with E-state index in [1.807, 2.05) is 42.2 Å². The van der Waals surface area contributed by atoms with Crippen molar-refractivity contribution in [3.63, 3.8) is 0 Å². The molecular formula is C28H34BrN5O5.